The van der Waals surface area contributed by atoms with Crippen molar-refractivity contribution >= 4 is 11.9 Å². The second-order valence-electron chi connectivity index (χ2n) is 7.48. The summed E-state index contributed by atoms with van der Waals surface area (Å²) < 4.78 is 59.6. The van der Waals surface area contributed by atoms with Crippen LogP contribution >= 0.6 is 0 Å². The van der Waals surface area contributed by atoms with E-state index in [0.717, 1.165) is 0 Å². The molecule has 1 atom stereocenters. The molecule has 3 aromatic rings. The second kappa shape index (κ2) is 12.0. The van der Waals surface area contributed by atoms with E-state index in [-0.39, 0.29) is 13.0 Å². The van der Waals surface area contributed by atoms with Crippen LogP contribution in [0.2, 0.25) is 0 Å². The van der Waals surface area contributed by atoms with Gasteiger partial charge >= 0.3 is 18.1 Å². The molecular weight excluding hydrogens is 479 g/mol. The molecule has 0 aliphatic carbocycles. The van der Waals surface area contributed by atoms with Crippen molar-refractivity contribution in [2.75, 3.05) is 13.7 Å². The molecule has 0 spiro atoms. The molecular formula is C26H24F3NO6. The summed E-state index contributed by atoms with van der Waals surface area (Å²) >= 11 is 0. The summed E-state index contributed by atoms with van der Waals surface area (Å²) in [7, 11) is 1.58. The standard InChI is InChI=1S/C26H24F3NO6/c1-3-34-24(31)23(30-25(32)26(27,28)29)16-17-5-4-6-22(15-17)36-21-13-11-20(12-14-21)35-19-9-7-18(33-2)8-10-19/h4-15,23H,3,16H2,1-2H3,(H,30,32)/t23-/m0/s1. The van der Waals surface area contributed by atoms with Gasteiger partial charge in [0, 0.05) is 6.42 Å². The van der Waals surface area contributed by atoms with E-state index < -0.39 is 24.1 Å². The molecule has 1 N–H and O–H groups in total. The molecule has 190 valence electrons. The average molecular weight is 503 g/mol. The van der Waals surface area contributed by atoms with Crippen LogP contribution in [0.25, 0.3) is 0 Å². The molecule has 36 heavy (non-hydrogen) atoms. The normalized spacial score (nSPS) is 11.8. The van der Waals surface area contributed by atoms with E-state index in [2.05, 4.69) is 0 Å². The fraction of sp³-hybridized carbons (Fsp3) is 0.231. The maximum absolute atomic E-state index is 12.7. The van der Waals surface area contributed by atoms with Crippen LogP contribution in [-0.4, -0.2) is 37.8 Å². The van der Waals surface area contributed by atoms with Gasteiger partial charge in [0.05, 0.1) is 13.7 Å². The van der Waals surface area contributed by atoms with Crippen molar-refractivity contribution < 1.29 is 41.7 Å². The van der Waals surface area contributed by atoms with E-state index in [0.29, 0.717) is 34.3 Å². The maximum Gasteiger partial charge on any atom is 0.471 e. The van der Waals surface area contributed by atoms with Crippen molar-refractivity contribution in [3.63, 3.8) is 0 Å². The largest absolute Gasteiger partial charge is 0.497 e. The summed E-state index contributed by atoms with van der Waals surface area (Å²) in [5.74, 6) is -0.379. The highest BCUT2D eigenvalue weighted by atomic mass is 19.4. The van der Waals surface area contributed by atoms with Crippen LogP contribution in [-0.2, 0) is 20.7 Å². The highest BCUT2D eigenvalue weighted by Gasteiger charge is 2.41. The zero-order chi connectivity index (χ0) is 26.1. The third-order valence-corrected chi connectivity index (χ3v) is 4.83. The van der Waals surface area contributed by atoms with Gasteiger partial charge in [-0.3, -0.25) is 4.79 Å². The zero-order valence-electron chi connectivity index (χ0n) is 19.5. The Bertz CT molecular complexity index is 1160. The Labute approximate surface area is 205 Å². The molecule has 0 saturated carbocycles. The Balaban J connectivity index is 1.66. The number of halogens is 3. The molecule has 1 amide bonds. The van der Waals surface area contributed by atoms with Crippen molar-refractivity contribution in [3.8, 4) is 28.7 Å². The Morgan fingerprint density at radius 2 is 1.36 bits per heavy atom. The van der Waals surface area contributed by atoms with Crippen LogP contribution in [0.5, 0.6) is 28.7 Å². The summed E-state index contributed by atoms with van der Waals surface area (Å²) in [6.45, 7) is 1.47. The Morgan fingerprint density at radius 1 is 0.833 bits per heavy atom. The summed E-state index contributed by atoms with van der Waals surface area (Å²) in [5.41, 5.74) is 0.465. The van der Waals surface area contributed by atoms with Crippen LogP contribution in [0.3, 0.4) is 0 Å². The van der Waals surface area contributed by atoms with Gasteiger partial charge < -0.3 is 24.3 Å². The zero-order valence-corrected chi connectivity index (χ0v) is 19.5. The molecule has 0 aliphatic heterocycles. The SMILES string of the molecule is CCOC(=O)[C@H](Cc1cccc(Oc2ccc(Oc3ccc(OC)cc3)cc2)c1)NC(=O)C(F)(F)F. The van der Waals surface area contributed by atoms with Crippen LogP contribution in [0.15, 0.2) is 72.8 Å². The quantitative estimate of drug-likeness (QED) is 0.372. The smallest absolute Gasteiger partial charge is 0.471 e. The van der Waals surface area contributed by atoms with Gasteiger partial charge in [-0.05, 0) is 73.2 Å². The number of esters is 1. The number of benzene rings is 3. The lowest BCUT2D eigenvalue weighted by molar-refractivity contribution is -0.175. The summed E-state index contributed by atoms with van der Waals surface area (Å²) in [6.07, 6.45) is -5.34. The first kappa shape index (κ1) is 26.4. The number of amides is 1. The van der Waals surface area contributed by atoms with Crippen molar-refractivity contribution in [1.29, 1.82) is 0 Å². The minimum absolute atomic E-state index is 0.0431. The van der Waals surface area contributed by atoms with Gasteiger partial charge in [-0.1, -0.05) is 12.1 Å². The average Bonchev–Trinajstić information content (AvgIpc) is 2.85. The van der Waals surface area contributed by atoms with E-state index in [1.54, 1.807) is 85.2 Å². The third-order valence-electron chi connectivity index (χ3n) is 4.83. The van der Waals surface area contributed by atoms with Gasteiger partial charge in [0.15, 0.2) is 0 Å². The fourth-order valence-corrected chi connectivity index (χ4v) is 3.14. The van der Waals surface area contributed by atoms with Gasteiger partial charge in [0.2, 0.25) is 0 Å². The summed E-state index contributed by atoms with van der Waals surface area (Å²) in [5, 5.41) is 1.69. The van der Waals surface area contributed by atoms with Gasteiger partial charge in [0.1, 0.15) is 34.8 Å². The predicted octanol–water partition coefficient (Wildman–Crippen LogP) is 5.43. The van der Waals surface area contributed by atoms with Crippen LogP contribution in [0.1, 0.15) is 12.5 Å². The highest BCUT2D eigenvalue weighted by molar-refractivity contribution is 5.87. The molecule has 0 radical (unpaired) electrons. The van der Waals surface area contributed by atoms with E-state index in [9.17, 15) is 22.8 Å². The van der Waals surface area contributed by atoms with Gasteiger partial charge in [-0.25, -0.2) is 4.79 Å². The second-order valence-corrected chi connectivity index (χ2v) is 7.48. The maximum atomic E-state index is 12.7. The molecule has 0 heterocycles. The monoisotopic (exact) mass is 503 g/mol. The van der Waals surface area contributed by atoms with Crippen molar-refractivity contribution in [2.45, 2.75) is 25.6 Å². The van der Waals surface area contributed by atoms with Crippen LogP contribution in [0.4, 0.5) is 13.2 Å². The van der Waals surface area contributed by atoms with E-state index in [1.807, 2.05) is 0 Å². The number of methoxy groups -OCH3 is 1. The lowest BCUT2D eigenvalue weighted by Crippen LogP contribution is -2.48. The molecule has 0 aliphatic rings. The molecule has 10 heteroatoms. The Morgan fingerprint density at radius 3 is 1.86 bits per heavy atom. The number of carbonyl (C=O) groups excluding carboxylic acids is 2. The van der Waals surface area contributed by atoms with Crippen molar-refractivity contribution in [3.05, 3.63) is 78.4 Å². The highest BCUT2D eigenvalue weighted by Crippen LogP contribution is 2.28. The Hall–Kier alpha value is -4.21. The molecule has 0 saturated heterocycles. The Kier molecular flexibility index (Phi) is 8.77. The molecule has 0 aromatic heterocycles. The fourth-order valence-electron chi connectivity index (χ4n) is 3.14. The minimum atomic E-state index is -5.13. The molecule has 3 aromatic carbocycles. The number of carbonyl (C=O) groups is 2. The number of ether oxygens (including phenoxy) is 4. The number of hydrogen-bond acceptors (Lipinski definition) is 6. The first-order chi connectivity index (χ1) is 17.2. The van der Waals surface area contributed by atoms with Gasteiger partial charge in [-0.2, -0.15) is 13.2 Å². The van der Waals surface area contributed by atoms with Crippen molar-refractivity contribution in [2.24, 2.45) is 0 Å². The topological polar surface area (TPSA) is 83.1 Å². The first-order valence-electron chi connectivity index (χ1n) is 10.9. The van der Waals surface area contributed by atoms with E-state index in [4.69, 9.17) is 18.9 Å². The summed E-state index contributed by atoms with van der Waals surface area (Å²) in [6, 6.07) is 18.8. The van der Waals surface area contributed by atoms with Crippen molar-refractivity contribution in [1.82, 2.24) is 5.32 Å². The lowest BCUT2D eigenvalue weighted by Gasteiger charge is -2.18. The molecule has 0 unspecified atom stereocenters. The number of hydrogen-bond donors (Lipinski definition) is 1. The predicted molar refractivity (Wildman–Crippen MR) is 124 cm³/mol. The number of alkyl halides is 3. The van der Waals surface area contributed by atoms with Crippen LogP contribution < -0.4 is 19.5 Å². The molecule has 0 fully saturated rings. The van der Waals surface area contributed by atoms with Gasteiger partial charge in [-0.15, -0.1) is 0 Å². The molecule has 7 nitrogen and oxygen atoms in total. The number of nitrogens with one attached hydrogen (secondary N) is 1. The molecule has 0 bridgehead atoms. The molecule has 3 rings (SSSR count). The van der Waals surface area contributed by atoms with Gasteiger partial charge in [0.25, 0.3) is 0 Å². The van der Waals surface area contributed by atoms with E-state index >= 15 is 0 Å². The van der Waals surface area contributed by atoms with E-state index in [1.165, 1.54) is 6.92 Å². The van der Waals surface area contributed by atoms with Crippen LogP contribution in [0, 0.1) is 0 Å². The lowest BCUT2D eigenvalue weighted by atomic mass is 10.1. The third kappa shape index (κ3) is 7.66. The first-order valence-corrected chi connectivity index (χ1v) is 10.9. The minimum Gasteiger partial charge on any atom is -0.497 e. The summed E-state index contributed by atoms with van der Waals surface area (Å²) in [4.78, 5) is 23.5. The number of rotatable bonds is 10.